The second-order valence-electron chi connectivity index (χ2n) is 6.16. The number of nitrogens with one attached hydrogen (secondary N) is 1. The quantitative estimate of drug-likeness (QED) is 0.371. The van der Waals surface area contributed by atoms with Crippen molar-refractivity contribution in [3.63, 3.8) is 0 Å². The Morgan fingerprint density at radius 3 is 2.61 bits per heavy atom. The Kier molecular flexibility index (Phi) is 8.27. The van der Waals surface area contributed by atoms with E-state index in [4.69, 9.17) is 0 Å². The van der Waals surface area contributed by atoms with Crippen LogP contribution in [0.15, 0.2) is 41.7 Å². The van der Waals surface area contributed by atoms with E-state index in [0.717, 1.165) is 23.3 Å². The highest BCUT2D eigenvalue weighted by Crippen LogP contribution is 2.27. The molecule has 1 fully saturated rings. The minimum absolute atomic E-state index is 0. The third-order valence-electron chi connectivity index (χ3n) is 4.47. The zero-order valence-corrected chi connectivity index (χ0v) is 18.0. The maximum absolute atomic E-state index is 12.9. The first-order valence-electron chi connectivity index (χ1n) is 8.96. The molecule has 3 rings (SSSR count). The summed E-state index contributed by atoms with van der Waals surface area (Å²) in [5.74, 6) is 1.18. The summed E-state index contributed by atoms with van der Waals surface area (Å²) in [6.45, 7) is 2.99. The average molecular weight is 506 g/mol. The summed E-state index contributed by atoms with van der Waals surface area (Å²) >= 11 is 0. The van der Waals surface area contributed by atoms with Gasteiger partial charge in [-0.25, -0.2) is 9.98 Å². The van der Waals surface area contributed by atoms with Crippen LogP contribution < -0.4 is 10.2 Å². The third kappa shape index (κ3) is 5.24. The Bertz CT molecular complexity index is 777. The molecule has 0 spiro atoms. The van der Waals surface area contributed by atoms with E-state index in [2.05, 4.69) is 25.1 Å². The first-order valence-corrected chi connectivity index (χ1v) is 8.96. The third-order valence-corrected chi connectivity index (χ3v) is 4.47. The van der Waals surface area contributed by atoms with E-state index >= 15 is 0 Å². The van der Waals surface area contributed by atoms with Gasteiger partial charge in [-0.15, -0.1) is 24.0 Å². The number of aromatic nitrogens is 2. The first kappa shape index (κ1) is 22.2. The molecule has 0 radical (unpaired) electrons. The number of alkyl halides is 2. The Labute approximate surface area is 180 Å². The molecule has 1 saturated heterocycles. The Hall–Kier alpha value is -2.11. The standard InChI is InChI=1S/C18H24F2N6O.HI/c1-2-21-18(23-13-16-22-7-8-26(16)17(19)20)25-11-9-24(10-12-25)14-5-3-4-6-15(14)27;/h3-8,17,27H,2,9-13H2,1H3,(H,21,23);1H. The molecule has 1 aliphatic rings. The van der Waals surface area contributed by atoms with Crippen LogP contribution >= 0.6 is 24.0 Å². The second kappa shape index (κ2) is 10.4. The van der Waals surface area contributed by atoms with Gasteiger partial charge in [-0.3, -0.25) is 4.57 Å². The molecule has 7 nitrogen and oxygen atoms in total. The SMILES string of the molecule is CCNC(=NCc1nccn1C(F)F)N1CCN(c2ccccc2O)CC1.I. The molecular formula is C18H25F2IN6O. The van der Waals surface area contributed by atoms with Gasteiger partial charge in [0.2, 0.25) is 0 Å². The zero-order chi connectivity index (χ0) is 19.2. The van der Waals surface area contributed by atoms with Crippen LogP contribution in [0.3, 0.4) is 0 Å². The number of benzene rings is 1. The molecule has 154 valence electrons. The van der Waals surface area contributed by atoms with Crippen molar-refractivity contribution in [3.05, 3.63) is 42.5 Å². The average Bonchev–Trinajstić information content (AvgIpc) is 3.15. The lowest BCUT2D eigenvalue weighted by Gasteiger charge is -2.37. The number of anilines is 1. The van der Waals surface area contributed by atoms with Gasteiger partial charge in [0, 0.05) is 45.1 Å². The molecule has 10 heteroatoms. The van der Waals surface area contributed by atoms with Crippen LogP contribution in [-0.4, -0.2) is 58.2 Å². The summed E-state index contributed by atoms with van der Waals surface area (Å²) in [6.07, 6.45) is 2.61. The molecule has 1 aromatic carbocycles. The maximum Gasteiger partial charge on any atom is 0.319 e. The van der Waals surface area contributed by atoms with Crippen molar-refractivity contribution in [1.82, 2.24) is 19.8 Å². The lowest BCUT2D eigenvalue weighted by atomic mass is 10.2. The number of phenolic OH excluding ortho intramolecular Hbond substituents is 1. The van der Waals surface area contributed by atoms with E-state index in [1.165, 1.54) is 12.4 Å². The lowest BCUT2D eigenvalue weighted by Crippen LogP contribution is -2.52. The number of rotatable bonds is 5. The topological polar surface area (TPSA) is 68.9 Å². The molecule has 0 unspecified atom stereocenters. The molecular weight excluding hydrogens is 481 g/mol. The number of hydrogen-bond acceptors (Lipinski definition) is 4. The molecule has 2 N–H and O–H groups in total. The van der Waals surface area contributed by atoms with Crippen LogP contribution in [0.5, 0.6) is 5.75 Å². The van der Waals surface area contributed by atoms with E-state index in [1.807, 2.05) is 19.1 Å². The highest BCUT2D eigenvalue weighted by atomic mass is 127. The van der Waals surface area contributed by atoms with E-state index < -0.39 is 6.55 Å². The summed E-state index contributed by atoms with van der Waals surface area (Å²) in [5.41, 5.74) is 0.818. The fraction of sp³-hybridized carbons (Fsp3) is 0.444. The minimum atomic E-state index is -2.62. The number of piperazine rings is 1. The highest BCUT2D eigenvalue weighted by molar-refractivity contribution is 14.0. The summed E-state index contributed by atoms with van der Waals surface area (Å²) in [4.78, 5) is 12.7. The molecule has 2 heterocycles. The molecule has 0 amide bonds. The number of aromatic hydroxyl groups is 1. The van der Waals surface area contributed by atoms with Gasteiger partial charge in [-0.2, -0.15) is 8.78 Å². The van der Waals surface area contributed by atoms with Crippen LogP contribution in [0, 0.1) is 0 Å². The predicted molar refractivity (Wildman–Crippen MR) is 116 cm³/mol. The van der Waals surface area contributed by atoms with Gasteiger partial charge < -0.3 is 20.2 Å². The van der Waals surface area contributed by atoms with Crippen molar-refractivity contribution in [2.45, 2.75) is 20.0 Å². The largest absolute Gasteiger partial charge is 0.506 e. The van der Waals surface area contributed by atoms with Gasteiger partial charge in [0.15, 0.2) is 5.96 Å². The van der Waals surface area contributed by atoms with Crippen molar-refractivity contribution >= 4 is 35.6 Å². The fourth-order valence-electron chi connectivity index (χ4n) is 3.11. The predicted octanol–water partition coefficient (Wildman–Crippen LogP) is 2.89. The summed E-state index contributed by atoms with van der Waals surface area (Å²) in [5, 5.41) is 13.2. The number of imidazole rings is 1. The molecule has 0 atom stereocenters. The van der Waals surface area contributed by atoms with Gasteiger partial charge >= 0.3 is 6.55 Å². The fourth-order valence-corrected chi connectivity index (χ4v) is 3.11. The van der Waals surface area contributed by atoms with Crippen LogP contribution in [0.4, 0.5) is 14.5 Å². The Balaban J connectivity index is 0.00000280. The highest BCUT2D eigenvalue weighted by Gasteiger charge is 2.21. The van der Waals surface area contributed by atoms with Crippen LogP contribution in [0.1, 0.15) is 19.3 Å². The van der Waals surface area contributed by atoms with E-state index in [1.54, 1.807) is 12.1 Å². The first-order chi connectivity index (χ1) is 13.1. The van der Waals surface area contributed by atoms with Crippen LogP contribution in [0.2, 0.25) is 0 Å². The van der Waals surface area contributed by atoms with E-state index in [-0.39, 0.29) is 42.1 Å². The monoisotopic (exact) mass is 506 g/mol. The number of hydrogen-bond donors (Lipinski definition) is 2. The number of aliphatic imine (C=N–C) groups is 1. The van der Waals surface area contributed by atoms with Gasteiger partial charge in [0.25, 0.3) is 0 Å². The molecule has 28 heavy (non-hydrogen) atoms. The number of phenols is 1. The van der Waals surface area contributed by atoms with Crippen molar-refractivity contribution in [2.24, 2.45) is 4.99 Å². The summed E-state index contributed by atoms with van der Waals surface area (Å²) < 4.78 is 26.7. The van der Waals surface area contributed by atoms with E-state index in [0.29, 0.717) is 25.6 Å². The van der Waals surface area contributed by atoms with Crippen molar-refractivity contribution < 1.29 is 13.9 Å². The summed E-state index contributed by atoms with van der Waals surface area (Å²) in [6, 6.07) is 7.28. The van der Waals surface area contributed by atoms with Crippen molar-refractivity contribution in [2.75, 3.05) is 37.6 Å². The van der Waals surface area contributed by atoms with Gasteiger partial charge in [-0.1, -0.05) is 12.1 Å². The van der Waals surface area contributed by atoms with Crippen molar-refractivity contribution in [1.29, 1.82) is 0 Å². The molecule has 0 saturated carbocycles. The van der Waals surface area contributed by atoms with Crippen molar-refractivity contribution in [3.8, 4) is 5.75 Å². The minimum Gasteiger partial charge on any atom is -0.506 e. The number of halogens is 3. The number of nitrogens with zero attached hydrogens (tertiary/aromatic N) is 5. The number of guanidine groups is 1. The Morgan fingerprint density at radius 1 is 1.25 bits per heavy atom. The van der Waals surface area contributed by atoms with Gasteiger partial charge in [0.05, 0.1) is 5.69 Å². The molecule has 0 aliphatic carbocycles. The molecule has 0 bridgehead atoms. The van der Waals surface area contributed by atoms with Gasteiger partial charge in [-0.05, 0) is 19.1 Å². The van der Waals surface area contributed by atoms with Gasteiger partial charge in [0.1, 0.15) is 18.1 Å². The summed E-state index contributed by atoms with van der Waals surface area (Å²) in [7, 11) is 0. The smallest absolute Gasteiger partial charge is 0.319 e. The lowest BCUT2D eigenvalue weighted by molar-refractivity contribution is 0.0671. The Morgan fingerprint density at radius 2 is 1.96 bits per heavy atom. The maximum atomic E-state index is 12.9. The molecule has 1 aliphatic heterocycles. The zero-order valence-electron chi connectivity index (χ0n) is 15.6. The molecule has 1 aromatic heterocycles. The normalized spacial score (nSPS) is 14.9. The van der Waals surface area contributed by atoms with Crippen LogP contribution in [-0.2, 0) is 6.54 Å². The van der Waals surface area contributed by atoms with Crippen LogP contribution in [0.25, 0.3) is 0 Å². The molecule has 2 aromatic rings. The van der Waals surface area contributed by atoms with E-state index in [9.17, 15) is 13.9 Å². The number of para-hydroxylation sites is 2. The second-order valence-corrected chi connectivity index (χ2v) is 6.16.